The molecule has 1 aromatic rings. The number of hydrogen-bond donors (Lipinski definition) is 3. The number of nitrogen functional groups attached to an aromatic ring is 1. The van der Waals surface area contributed by atoms with Crippen LogP contribution < -0.4 is 10.5 Å². The van der Waals surface area contributed by atoms with Crippen molar-refractivity contribution in [2.24, 2.45) is 0 Å². The third kappa shape index (κ3) is 5.44. The van der Waals surface area contributed by atoms with Crippen molar-refractivity contribution in [3.05, 3.63) is 23.8 Å². The second-order valence-corrected chi connectivity index (χ2v) is 7.62. The highest BCUT2D eigenvalue weighted by Crippen LogP contribution is 2.34. The van der Waals surface area contributed by atoms with E-state index in [-0.39, 0.29) is 13.0 Å². The Bertz CT molecular complexity index is 744. The van der Waals surface area contributed by atoms with E-state index in [1.54, 1.807) is 0 Å². The van der Waals surface area contributed by atoms with Crippen molar-refractivity contribution in [2.75, 3.05) is 18.0 Å². The van der Waals surface area contributed by atoms with Gasteiger partial charge in [0.05, 0.1) is 16.2 Å². The Kier molecular flexibility index (Phi) is 5.43. The summed E-state index contributed by atoms with van der Waals surface area (Å²) in [5.74, 6) is -0.676. The van der Waals surface area contributed by atoms with Crippen molar-refractivity contribution < 1.29 is 34.6 Å². The highest BCUT2D eigenvalue weighted by molar-refractivity contribution is 7.89. The first-order valence-electron chi connectivity index (χ1n) is 5.74. The summed E-state index contributed by atoms with van der Waals surface area (Å²) in [6, 6.07) is 2.10. The van der Waals surface area contributed by atoms with Gasteiger partial charge in [0.1, 0.15) is 0 Å². The van der Waals surface area contributed by atoms with Gasteiger partial charge in [-0.25, -0.2) is 13.1 Å². The highest BCUT2D eigenvalue weighted by Gasteiger charge is 2.34. The Morgan fingerprint density at radius 2 is 1.77 bits per heavy atom. The lowest BCUT2D eigenvalue weighted by Gasteiger charge is -2.12. The van der Waals surface area contributed by atoms with Gasteiger partial charge in [-0.2, -0.15) is 21.6 Å². The fourth-order valence-electron chi connectivity index (χ4n) is 1.49. The normalized spacial score (nSPS) is 13.3. The number of halogens is 3. The number of nitrogens with one attached hydrogen (secondary N) is 1. The molecule has 0 saturated heterocycles. The van der Waals surface area contributed by atoms with Crippen LogP contribution in [0.1, 0.15) is 12.0 Å². The molecule has 0 aliphatic carbocycles. The predicted molar refractivity (Wildman–Crippen MR) is 72.1 cm³/mol. The maximum Gasteiger partial charge on any atom is 0.418 e. The molecule has 4 N–H and O–H groups in total. The molecule has 0 saturated carbocycles. The standard InChI is InChI=1S/C10H13F3N2O5S2/c11-10(12,13)8-6-7(2-3-9(8)14)22(19,20)15-4-1-5-21(16,17)18/h2-3,6,15H,1,4-5,14H2,(H,16,17,18). The minimum atomic E-state index is -4.80. The van der Waals surface area contributed by atoms with Crippen LogP contribution in [-0.4, -0.2) is 33.7 Å². The number of anilines is 1. The Morgan fingerprint density at radius 3 is 2.27 bits per heavy atom. The van der Waals surface area contributed by atoms with Crippen LogP contribution in [0.2, 0.25) is 0 Å². The van der Waals surface area contributed by atoms with Crippen LogP contribution in [-0.2, 0) is 26.3 Å². The van der Waals surface area contributed by atoms with Gasteiger partial charge in [0.2, 0.25) is 10.0 Å². The van der Waals surface area contributed by atoms with Gasteiger partial charge in [0.25, 0.3) is 10.1 Å². The molecule has 7 nitrogen and oxygen atoms in total. The average Bonchev–Trinajstić information content (AvgIpc) is 2.32. The van der Waals surface area contributed by atoms with Gasteiger partial charge >= 0.3 is 6.18 Å². The zero-order valence-electron chi connectivity index (χ0n) is 11.0. The van der Waals surface area contributed by atoms with Crippen LogP contribution in [0.25, 0.3) is 0 Å². The summed E-state index contributed by atoms with van der Waals surface area (Å²) in [7, 11) is -8.50. The molecule has 0 fully saturated rings. The van der Waals surface area contributed by atoms with Crippen molar-refractivity contribution >= 4 is 25.8 Å². The predicted octanol–water partition coefficient (Wildman–Crippen LogP) is 0.844. The topological polar surface area (TPSA) is 127 Å². The molecule has 0 heterocycles. The molecule has 1 aromatic carbocycles. The van der Waals surface area contributed by atoms with Crippen molar-refractivity contribution in [3.8, 4) is 0 Å². The molecular formula is C10H13F3N2O5S2. The van der Waals surface area contributed by atoms with Gasteiger partial charge < -0.3 is 5.73 Å². The fourth-order valence-corrected chi connectivity index (χ4v) is 3.10. The summed E-state index contributed by atoms with van der Waals surface area (Å²) in [4.78, 5) is -0.652. The summed E-state index contributed by atoms with van der Waals surface area (Å²) >= 11 is 0. The largest absolute Gasteiger partial charge is 0.418 e. The SMILES string of the molecule is Nc1ccc(S(=O)(=O)NCCCS(=O)(=O)O)cc1C(F)(F)F. The molecule has 0 bridgehead atoms. The third-order valence-electron chi connectivity index (χ3n) is 2.51. The van der Waals surface area contributed by atoms with Gasteiger partial charge in [0.15, 0.2) is 0 Å². The van der Waals surface area contributed by atoms with Crippen LogP contribution in [0.3, 0.4) is 0 Å². The van der Waals surface area contributed by atoms with E-state index in [9.17, 15) is 30.0 Å². The zero-order valence-corrected chi connectivity index (χ0v) is 12.6. The summed E-state index contributed by atoms with van der Waals surface area (Å²) < 4.78 is 93.0. The maximum absolute atomic E-state index is 12.7. The molecule has 0 aliphatic rings. The zero-order chi connectivity index (χ0) is 17.2. The number of alkyl halides is 3. The second kappa shape index (κ2) is 6.40. The lowest BCUT2D eigenvalue weighted by atomic mass is 10.2. The Hall–Kier alpha value is -1.37. The second-order valence-electron chi connectivity index (χ2n) is 4.28. The monoisotopic (exact) mass is 362 g/mol. The van der Waals surface area contributed by atoms with Crippen LogP contribution >= 0.6 is 0 Å². The summed E-state index contributed by atoms with van der Waals surface area (Å²) in [6.45, 7) is -0.367. The number of hydrogen-bond acceptors (Lipinski definition) is 5. The summed E-state index contributed by atoms with van der Waals surface area (Å²) in [5.41, 5.74) is 3.26. The van der Waals surface area contributed by atoms with Gasteiger partial charge in [-0.1, -0.05) is 0 Å². The molecule has 0 aliphatic heterocycles. The smallest absolute Gasteiger partial charge is 0.398 e. The van der Waals surface area contributed by atoms with Crippen LogP contribution in [0, 0.1) is 0 Å². The fraction of sp³-hybridized carbons (Fsp3) is 0.400. The molecule has 0 amide bonds. The van der Waals surface area contributed by atoms with E-state index in [4.69, 9.17) is 10.3 Å². The number of nitrogens with two attached hydrogens (primary N) is 1. The summed E-state index contributed by atoms with van der Waals surface area (Å²) in [5, 5.41) is 0. The molecule has 0 unspecified atom stereocenters. The molecule has 0 radical (unpaired) electrons. The third-order valence-corrected chi connectivity index (χ3v) is 4.77. The van der Waals surface area contributed by atoms with Crippen LogP contribution in [0.4, 0.5) is 18.9 Å². The number of rotatable bonds is 6. The first-order valence-corrected chi connectivity index (χ1v) is 8.84. The van der Waals surface area contributed by atoms with E-state index in [1.807, 2.05) is 4.72 Å². The molecule has 126 valence electrons. The molecule has 0 spiro atoms. The molecule has 12 heteroatoms. The maximum atomic E-state index is 12.7. The van der Waals surface area contributed by atoms with Crippen molar-refractivity contribution in [2.45, 2.75) is 17.5 Å². The van der Waals surface area contributed by atoms with Gasteiger partial charge in [-0.05, 0) is 24.6 Å². The summed E-state index contributed by atoms with van der Waals surface area (Å²) in [6.07, 6.45) is -5.04. The van der Waals surface area contributed by atoms with E-state index >= 15 is 0 Å². The number of sulfonamides is 1. The van der Waals surface area contributed by atoms with E-state index in [0.29, 0.717) is 6.07 Å². The van der Waals surface area contributed by atoms with Crippen LogP contribution in [0.5, 0.6) is 0 Å². The highest BCUT2D eigenvalue weighted by atomic mass is 32.2. The van der Waals surface area contributed by atoms with E-state index < -0.39 is 48.2 Å². The lowest BCUT2D eigenvalue weighted by Crippen LogP contribution is -2.26. The Labute approximate surface area is 125 Å². The Morgan fingerprint density at radius 1 is 1.18 bits per heavy atom. The first-order chi connectivity index (χ1) is 9.83. The van der Waals surface area contributed by atoms with Crippen molar-refractivity contribution in [1.82, 2.24) is 4.72 Å². The molecule has 0 aromatic heterocycles. The van der Waals surface area contributed by atoms with E-state index in [0.717, 1.165) is 12.1 Å². The van der Waals surface area contributed by atoms with E-state index in [1.165, 1.54) is 0 Å². The minimum absolute atomic E-state index is 0.237. The van der Waals surface area contributed by atoms with Crippen molar-refractivity contribution in [1.29, 1.82) is 0 Å². The first kappa shape index (κ1) is 18.7. The molecule has 22 heavy (non-hydrogen) atoms. The van der Waals surface area contributed by atoms with Gasteiger partial charge in [-0.15, -0.1) is 0 Å². The lowest BCUT2D eigenvalue weighted by molar-refractivity contribution is -0.137. The van der Waals surface area contributed by atoms with E-state index in [2.05, 4.69) is 0 Å². The number of benzene rings is 1. The van der Waals surface area contributed by atoms with Crippen molar-refractivity contribution in [3.63, 3.8) is 0 Å². The van der Waals surface area contributed by atoms with Gasteiger partial charge in [-0.3, -0.25) is 4.55 Å². The molecular weight excluding hydrogens is 349 g/mol. The van der Waals surface area contributed by atoms with Crippen LogP contribution in [0.15, 0.2) is 23.1 Å². The average molecular weight is 362 g/mol. The Balaban J connectivity index is 2.90. The van der Waals surface area contributed by atoms with Gasteiger partial charge in [0, 0.05) is 12.2 Å². The molecule has 1 rings (SSSR count). The minimum Gasteiger partial charge on any atom is -0.398 e. The quantitative estimate of drug-likeness (QED) is 0.391. The molecule has 0 atom stereocenters.